The molecule has 0 aliphatic carbocycles. The summed E-state index contributed by atoms with van der Waals surface area (Å²) < 4.78 is 11.1. The average molecular weight is 366 g/mol. The fourth-order valence-electron chi connectivity index (χ4n) is 3.19. The summed E-state index contributed by atoms with van der Waals surface area (Å²) in [5, 5.41) is 3.17. The molecule has 27 heavy (non-hydrogen) atoms. The Bertz CT molecular complexity index is 864. The van der Waals surface area contributed by atoms with Gasteiger partial charge in [-0.15, -0.1) is 0 Å². The minimum Gasteiger partial charge on any atom is -0.399 e. The zero-order valence-electron chi connectivity index (χ0n) is 14.5. The van der Waals surface area contributed by atoms with Gasteiger partial charge in [-0.25, -0.2) is 9.59 Å². The van der Waals surface area contributed by atoms with Crippen LogP contribution in [-0.4, -0.2) is 47.5 Å². The van der Waals surface area contributed by atoms with Crippen molar-refractivity contribution in [3.63, 3.8) is 0 Å². The van der Waals surface area contributed by atoms with Crippen LogP contribution < -0.4 is 10.2 Å². The number of nitrogens with one attached hydrogen (secondary N) is 1. The van der Waals surface area contributed by atoms with Crippen molar-refractivity contribution in [2.45, 2.75) is 12.3 Å². The van der Waals surface area contributed by atoms with E-state index >= 15 is 0 Å². The molecule has 1 fully saturated rings. The van der Waals surface area contributed by atoms with Crippen LogP contribution in [0.15, 0.2) is 55.1 Å². The van der Waals surface area contributed by atoms with Crippen LogP contribution >= 0.6 is 0 Å². The van der Waals surface area contributed by atoms with Crippen LogP contribution in [0.2, 0.25) is 0 Å². The van der Waals surface area contributed by atoms with Crippen molar-refractivity contribution in [3.8, 4) is 11.1 Å². The van der Waals surface area contributed by atoms with Crippen LogP contribution in [-0.2, 0) is 19.1 Å². The van der Waals surface area contributed by atoms with Crippen LogP contribution in [0.25, 0.3) is 11.1 Å². The molecule has 1 spiro atoms. The molecule has 2 aromatic heterocycles. The van der Waals surface area contributed by atoms with E-state index in [9.17, 15) is 9.59 Å². The van der Waals surface area contributed by atoms with Gasteiger partial charge in [0.05, 0.1) is 18.4 Å². The molecule has 4 heterocycles. The summed E-state index contributed by atoms with van der Waals surface area (Å²) in [6.07, 6.45) is 9.77. The molecule has 0 saturated carbocycles. The molecule has 4 rings (SSSR count). The number of esters is 2. The molecule has 8 nitrogen and oxygen atoms in total. The first-order valence-electron chi connectivity index (χ1n) is 8.64. The second-order valence-corrected chi connectivity index (χ2v) is 6.24. The minimum absolute atomic E-state index is 0.156. The van der Waals surface area contributed by atoms with Crippen LogP contribution in [0, 0.1) is 0 Å². The van der Waals surface area contributed by atoms with Gasteiger partial charge in [-0.3, -0.25) is 14.9 Å². The monoisotopic (exact) mass is 366 g/mol. The number of hydrogen-bond acceptors (Lipinski definition) is 8. The third kappa shape index (κ3) is 3.52. The Labute approximate surface area is 155 Å². The molecule has 0 atom stereocenters. The zero-order valence-corrected chi connectivity index (χ0v) is 14.5. The maximum atomic E-state index is 12.1. The SMILES string of the molecule is O=C1C=CC(=O)OC2(CNCCCN2c2cncc(-c3cccnc3)c2)O1. The number of pyridine rings is 2. The summed E-state index contributed by atoms with van der Waals surface area (Å²) in [6, 6.07) is 5.69. The third-order valence-corrected chi connectivity index (χ3v) is 4.40. The maximum absolute atomic E-state index is 12.1. The zero-order chi connectivity index (χ0) is 18.7. The molecule has 1 N–H and O–H groups in total. The highest BCUT2D eigenvalue weighted by atomic mass is 16.8. The van der Waals surface area contributed by atoms with Gasteiger partial charge in [0, 0.05) is 48.4 Å². The fraction of sp³-hybridized carbons (Fsp3) is 0.263. The van der Waals surface area contributed by atoms with Crippen molar-refractivity contribution >= 4 is 17.6 Å². The first-order chi connectivity index (χ1) is 13.2. The number of nitrogens with zero attached hydrogens (tertiary/aromatic N) is 3. The van der Waals surface area contributed by atoms with Crippen molar-refractivity contribution in [1.29, 1.82) is 0 Å². The number of anilines is 1. The molecular formula is C19H18N4O4. The quantitative estimate of drug-likeness (QED) is 0.794. The summed E-state index contributed by atoms with van der Waals surface area (Å²) in [6.45, 7) is 1.38. The van der Waals surface area contributed by atoms with E-state index in [0.717, 1.165) is 29.7 Å². The topological polar surface area (TPSA) is 93.7 Å². The maximum Gasteiger partial charge on any atom is 0.356 e. The second kappa shape index (κ2) is 7.16. The molecule has 0 bridgehead atoms. The molecule has 0 aromatic carbocycles. The predicted molar refractivity (Wildman–Crippen MR) is 96.4 cm³/mol. The Morgan fingerprint density at radius 2 is 1.81 bits per heavy atom. The van der Waals surface area contributed by atoms with E-state index < -0.39 is 17.8 Å². The standard InChI is InChI=1S/C19H18N4O4/c24-17-4-5-18(25)27-19(26-17)13-21-7-2-8-23(19)16-9-15(11-22-12-16)14-3-1-6-20-10-14/h1,3-6,9-12,21H,2,7-8,13H2. The Hall–Kier alpha value is -3.26. The normalized spacial score (nSPS) is 19.2. The van der Waals surface area contributed by atoms with Crippen LogP contribution in [0.1, 0.15) is 6.42 Å². The van der Waals surface area contributed by atoms with Crippen molar-refractivity contribution in [3.05, 3.63) is 55.1 Å². The molecule has 0 unspecified atom stereocenters. The van der Waals surface area contributed by atoms with Crippen molar-refractivity contribution in [1.82, 2.24) is 15.3 Å². The fourth-order valence-corrected chi connectivity index (χ4v) is 3.19. The highest BCUT2D eigenvalue weighted by molar-refractivity contribution is 5.93. The summed E-state index contributed by atoms with van der Waals surface area (Å²) in [5.74, 6) is -2.83. The molecular weight excluding hydrogens is 348 g/mol. The highest BCUT2D eigenvalue weighted by Gasteiger charge is 2.47. The summed E-state index contributed by atoms with van der Waals surface area (Å²) in [5.41, 5.74) is 2.45. The highest BCUT2D eigenvalue weighted by Crippen LogP contribution is 2.32. The molecule has 1 saturated heterocycles. The average Bonchev–Trinajstić information content (AvgIpc) is 2.98. The van der Waals surface area contributed by atoms with Gasteiger partial charge in [0.25, 0.3) is 0 Å². The number of rotatable bonds is 2. The van der Waals surface area contributed by atoms with Crippen molar-refractivity contribution < 1.29 is 19.1 Å². The lowest BCUT2D eigenvalue weighted by atomic mass is 10.1. The van der Waals surface area contributed by atoms with Gasteiger partial charge in [0.2, 0.25) is 0 Å². The smallest absolute Gasteiger partial charge is 0.356 e. The number of ether oxygens (including phenoxy) is 2. The van der Waals surface area contributed by atoms with Crippen LogP contribution in [0.4, 0.5) is 5.69 Å². The molecule has 138 valence electrons. The lowest BCUT2D eigenvalue weighted by Crippen LogP contribution is -2.58. The van der Waals surface area contributed by atoms with Crippen molar-refractivity contribution in [2.24, 2.45) is 0 Å². The lowest BCUT2D eigenvalue weighted by molar-refractivity contribution is -0.217. The predicted octanol–water partition coefficient (Wildman–Crippen LogP) is 1.25. The van der Waals surface area contributed by atoms with Crippen LogP contribution in [0.5, 0.6) is 0 Å². The molecule has 2 aromatic rings. The molecule has 0 amide bonds. The number of hydrogen-bond donors (Lipinski definition) is 1. The van der Waals surface area contributed by atoms with Gasteiger partial charge in [0.15, 0.2) is 0 Å². The minimum atomic E-state index is -1.57. The van der Waals surface area contributed by atoms with Gasteiger partial charge < -0.3 is 14.8 Å². The Kier molecular flexibility index (Phi) is 4.55. The largest absolute Gasteiger partial charge is 0.399 e. The van der Waals surface area contributed by atoms with E-state index in [0.29, 0.717) is 18.8 Å². The Morgan fingerprint density at radius 3 is 2.56 bits per heavy atom. The van der Waals surface area contributed by atoms with Crippen LogP contribution in [0.3, 0.4) is 0 Å². The van der Waals surface area contributed by atoms with E-state index in [4.69, 9.17) is 9.47 Å². The number of carbonyl (C=O) groups excluding carboxylic acids is 2. The first kappa shape index (κ1) is 17.2. The van der Waals surface area contributed by atoms with Gasteiger partial charge >= 0.3 is 17.8 Å². The van der Waals surface area contributed by atoms with E-state index in [2.05, 4.69) is 15.3 Å². The third-order valence-electron chi connectivity index (χ3n) is 4.40. The lowest BCUT2D eigenvalue weighted by Gasteiger charge is -2.40. The van der Waals surface area contributed by atoms with Gasteiger partial charge in [-0.1, -0.05) is 6.07 Å². The summed E-state index contributed by atoms with van der Waals surface area (Å²) in [4.78, 5) is 34.3. The first-order valence-corrected chi connectivity index (χ1v) is 8.64. The van der Waals surface area contributed by atoms with E-state index in [1.807, 2.05) is 18.2 Å². The summed E-state index contributed by atoms with van der Waals surface area (Å²) in [7, 11) is 0. The van der Waals surface area contributed by atoms with E-state index in [1.54, 1.807) is 29.7 Å². The molecule has 2 aliphatic heterocycles. The van der Waals surface area contributed by atoms with E-state index in [1.165, 1.54) is 0 Å². The van der Waals surface area contributed by atoms with Gasteiger partial charge in [-0.2, -0.15) is 0 Å². The molecule has 0 radical (unpaired) electrons. The molecule has 8 heteroatoms. The van der Waals surface area contributed by atoms with Gasteiger partial charge in [0.1, 0.15) is 0 Å². The Morgan fingerprint density at radius 1 is 1.04 bits per heavy atom. The van der Waals surface area contributed by atoms with E-state index in [-0.39, 0.29) is 6.54 Å². The number of carbonyl (C=O) groups is 2. The Balaban J connectivity index is 1.75. The number of aromatic nitrogens is 2. The second-order valence-electron chi connectivity index (χ2n) is 6.24. The van der Waals surface area contributed by atoms with Crippen molar-refractivity contribution in [2.75, 3.05) is 24.5 Å². The summed E-state index contributed by atoms with van der Waals surface area (Å²) >= 11 is 0. The van der Waals surface area contributed by atoms with Gasteiger partial charge in [-0.05, 0) is 25.1 Å². The molecule has 2 aliphatic rings.